The van der Waals surface area contributed by atoms with Gasteiger partial charge in [0.25, 0.3) is 0 Å². The first kappa shape index (κ1) is 15.4. The van der Waals surface area contributed by atoms with E-state index in [1.807, 2.05) is 0 Å². The lowest BCUT2D eigenvalue weighted by Crippen LogP contribution is -2.59. The Kier molecular flexibility index (Phi) is 3.46. The molecule has 0 bridgehead atoms. The van der Waals surface area contributed by atoms with Gasteiger partial charge in [0.1, 0.15) is 0 Å². The number of nitrogens with two attached hydrogens (primary N) is 1. The highest BCUT2D eigenvalue weighted by Gasteiger charge is 2.61. The molecule has 0 radical (unpaired) electrons. The summed E-state index contributed by atoms with van der Waals surface area (Å²) in [5, 5.41) is 21.0. The van der Waals surface area contributed by atoms with E-state index < -0.39 is 0 Å². The van der Waals surface area contributed by atoms with Gasteiger partial charge in [0, 0.05) is 6.04 Å². The van der Waals surface area contributed by atoms with Crippen LogP contribution in [0.15, 0.2) is 0 Å². The van der Waals surface area contributed by atoms with Crippen molar-refractivity contribution in [2.45, 2.75) is 83.5 Å². The highest BCUT2D eigenvalue weighted by atomic mass is 16.3. The largest absolute Gasteiger partial charge is 0.393 e. The van der Waals surface area contributed by atoms with E-state index in [4.69, 9.17) is 5.73 Å². The fourth-order valence-electron chi connectivity index (χ4n) is 7.24. The highest BCUT2D eigenvalue weighted by Crippen LogP contribution is 2.65. The van der Waals surface area contributed by atoms with Crippen molar-refractivity contribution in [1.29, 1.82) is 0 Å². The molecule has 4 rings (SSSR count). The molecular formula is C19H33NO2. The highest BCUT2D eigenvalue weighted by molar-refractivity contribution is 5.12. The fourth-order valence-corrected chi connectivity index (χ4v) is 7.24. The van der Waals surface area contributed by atoms with E-state index in [0.29, 0.717) is 35.1 Å². The fraction of sp³-hybridized carbons (Fsp3) is 1.00. The minimum atomic E-state index is -0.178. The second-order valence-electron chi connectivity index (χ2n) is 9.45. The molecule has 4 N–H and O–H groups in total. The van der Waals surface area contributed by atoms with Crippen LogP contribution >= 0.6 is 0 Å². The topological polar surface area (TPSA) is 66.5 Å². The molecule has 9 atom stereocenters. The third-order valence-electron chi connectivity index (χ3n) is 8.73. The second-order valence-corrected chi connectivity index (χ2v) is 9.45. The Morgan fingerprint density at radius 2 is 1.55 bits per heavy atom. The van der Waals surface area contributed by atoms with Gasteiger partial charge in [0.15, 0.2) is 0 Å². The molecule has 126 valence electrons. The van der Waals surface area contributed by atoms with Crippen LogP contribution in [0.3, 0.4) is 0 Å². The van der Waals surface area contributed by atoms with Gasteiger partial charge in [-0.05, 0) is 85.9 Å². The van der Waals surface area contributed by atoms with Crippen LogP contribution in [0, 0.1) is 34.5 Å². The maximum absolute atomic E-state index is 11.0. The molecule has 0 heterocycles. The molecule has 0 spiro atoms. The Morgan fingerprint density at radius 1 is 0.864 bits per heavy atom. The number of hydrogen-bond donors (Lipinski definition) is 3. The van der Waals surface area contributed by atoms with E-state index in [1.54, 1.807) is 0 Å². The zero-order valence-electron chi connectivity index (χ0n) is 14.2. The minimum absolute atomic E-state index is 0.143. The lowest BCUT2D eigenvalue weighted by atomic mass is 9.44. The van der Waals surface area contributed by atoms with Crippen LogP contribution in [0.25, 0.3) is 0 Å². The van der Waals surface area contributed by atoms with Crippen molar-refractivity contribution in [3.8, 4) is 0 Å². The molecule has 0 unspecified atom stereocenters. The summed E-state index contributed by atoms with van der Waals surface area (Å²) in [6.07, 6.45) is 8.38. The minimum Gasteiger partial charge on any atom is -0.393 e. The van der Waals surface area contributed by atoms with Crippen molar-refractivity contribution < 1.29 is 10.2 Å². The first-order valence-electron chi connectivity index (χ1n) is 9.48. The normalized spacial score (nSPS) is 61.2. The predicted molar refractivity (Wildman–Crippen MR) is 87.1 cm³/mol. The Bertz CT molecular complexity index is 455. The standard InChI is InChI=1S/C19H33NO2/c1-18-7-5-12(21)9-11(18)10-15(22)17-13-3-4-16(20)19(13,2)8-6-14(17)18/h11-17,21-22H,3-10,20H2,1-2H3/t11-,12-,13-,14-,15-,16-,17-,18-,19-/m0/s1. The van der Waals surface area contributed by atoms with E-state index in [-0.39, 0.29) is 17.6 Å². The molecule has 4 fully saturated rings. The van der Waals surface area contributed by atoms with Crippen LogP contribution in [0.5, 0.6) is 0 Å². The van der Waals surface area contributed by atoms with Gasteiger partial charge in [-0.15, -0.1) is 0 Å². The van der Waals surface area contributed by atoms with Crippen molar-refractivity contribution >= 4 is 0 Å². The molecule has 0 aromatic carbocycles. The van der Waals surface area contributed by atoms with Gasteiger partial charge in [0.2, 0.25) is 0 Å². The average molecular weight is 307 g/mol. The predicted octanol–water partition coefficient (Wildman–Crippen LogP) is 2.69. The van der Waals surface area contributed by atoms with Crippen molar-refractivity contribution in [2.24, 2.45) is 40.2 Å². The average Bonchev–Trinajstić information content (AvgIpc) is 2.77. The first-order chi connectivity index (χ1) is 10.4. The maximum Gasteiger partial charge on any atom is 0.0577 e. The molecule has 3 heteroatoms. The number of aliphatic hydroxyl groups is 2. The summed E-state index contributed by atoms with van der Waals surface area (Å²) in [6.45, 7) is 4.85. The van der Waals surface area contributed by atoms with Crippen LogP contribution in [-0.4, -0.2) is 28.5 Å². The van der Waals surface area contributed by atoms with Crippen molar-refractivity contribution in [1.82, 2.24) is 0 Å². The van der Waals surface area contributed by atoms with Gasteiger partial charge in [-0.25, -0.2) is 0 Å². The molecule has 0 saturated heterocycles. The monoisotopic (exact) mass is 307 g/mol. The number of aliphatic hydroxyl groups excluding tert-OH is 2. The van der Waals surface area contributed by atoms with Gasteiger partial charge in [0.05, 0.1) is 12.2 Å². The van der Waals surface area contributed by atoms with E-state index in [9.17, 15) is 10.2 Å². The molecule has 0 amide bonds. The first-order valence-corrected chi connectivity index (χ1v) is 9.48. The molecular weight excluding hydrogens is 274 g/mol. The second kappa shape index (κ2) is 4.94. The Labute approximate surface area is 134 Å². The lowest BCUT2D eigenvalue weighted by Gasteiger charge is -2.62. The van der Waals surface area contributed by atoms with Crippen LogP contribution in [0.4, 0.5) is 0 Å². The van der Waals surface area contributed by atoms with Gasteiger partial charge in [-0.2, -0.15) is 0 Å². The van der Waals surface area contributed by atoms with Crippen molar-refractivity contribution in [3.63, 3.8) is 0 Å². The quantitative estimate of drug-likeness (QED) is 0.644. The smallest absolute Gasteiger partial charge is 0.0577 e. The third kappa shape index (κ3) is 1.91. The Morgan fingerprint density at radius 3 is 2.32 bits per heavy atom. The van der Waals surface area contributed by atoms with Crippen molar-refractivity contribution in [2.75, 3.05) is 0 Å². The zero-order valence-corrected chi connectivity index (χ0v) is 14.2. The summed E-state index contributed by atoms with van der Waals surface area (Å²) in [5.41, 5.74) is 7.04. The molecule has 4 aliphatic carbocycles. The number of fused-ring (bicyclic) bond motifs is 5. The molecule has 22 heavy (non-hydrogen) atoms. The number of hydrogen-bond acceptors (Lipinski definition) is 3. The van der Waals surface area contributed by atoms with Crippen LogP contribution in [0.1, 0.15) is 65.2 Å². The summed E-state index contributed by atoms with van der Waals surface area (Å²) in [4.78, 5) is 0. The van der Waals surface area contributed by atoms with Crippen LogP contribution in [0.2, 0.25) is 0 Å². The number of rotatable bonds is 0. The van der Waals surface area contributed by atoms with Gasteiger partial charge in [-0.3, -0.25) is 0 Å². The molecule has 4 saturated carbocycles. The summed E-state index contributed by atoms with van der Waals surface area (Å²) in [7, 11) is 0. The molecule has 0 aromatic heterocycles. The van der Waals surface area contributed by atoms with Crippen molar-refractivity contribution in [3.05, 3.63) is 0 Å². The Hall–Kier alpha value is -0.120. The lowest BCUT2D eigenvalue weighted by molar-refractivity contribution is -0.169. The zero-order chi connectivity index (χ0) is 15.7. The van der Waals surface area contributed by atoms with Crippen LogP contribution in [-0.2, 0) is 0 Å². The summed E-state index contributed by atoms with van der Waals surface area (Å²) in [5.74, 6) is 2.20. The Balaban J connectivity index is 1.67. The van der Waals surface area contributed by atoms with Gasteiger partial charge >= 0.3 is 0 Å². The van der Waals surface area contributed by atoms with E-state index in [2.05, 4.69) is 13.8 Å². The summed E-state index contributed by atoms with van der Waals surface area (Å²) < 4.78 is 0. The molecule has 0 aromatic rings. The molecule has 0 aliphatic heterocycles. The molecule has 3 nitrogen and oxygen atoms in total. The van der Waals surface area contributed by atoms with Crippen LogP contribution < -0.4 is 5.73 Å². The SMILES string of the molecule is C[C@]12CC[C@H](O)C[C@H]1C[C@H](O)[C@@H]1[C@@H]2CC[C@]2(C)[C@@H](N)CC[C@@H]12. The maximum atomic E-state index is 11.0. The third-order valence-corrected chi connectivity index (χ3v) is 8.73. The van der Waals surface area contributed by atoms with E-state index in [1.165, 1.54) is 19.3 Å². The summed E-state index contributed by atoms with van der Waals surface area (Å²) >= 11 is 0. The summed E-state index contributed by atoms with van der Waals surface area (Å²) in [6, 6.07) is 0.323. The van der Waals surface area contributed by atoms with E-state index >= 15 is 0 Å². The van der Waals surface area contributed by atoms with E-state index in [0.717, 1.165) is 32.1 Å². The molecule has 4 aliphatic rings. The van der Waals surface area contributed by atoms with Gasteiger partial charge < -0.3 is 15.9 Å². The van der Waals surface area contributed by atoms with Gasteiger partial charge in [-0.1, -0.05) is 13.8 Å².